The van der Waals surface area contributed by atoms with Crippen molar-refractivity contribution in [2.24, 2.45) is 0 Å². The average Bonchev–Trinajstić information content (AvgIpc) is 2.92. The number of nitrogens with zero attached hydrogens (tertiary/aromatic N) is 3. The zero-order chi connectivity index (χ0) is 13.1. The first kappa shape index (κ1) is 12.6. The molecule has 0 aromatic carbocycles. The standard InChI is InChI=1S/C11H13N3O3S/c1-2-13-6-8(5-12-13)9-7-18-11(17)14(9)4-3-10(15)16/h5-7H,2-4H2,1H3,(H,15,16). The smallest absolute Gasteiger partial charge is 0.307 e. The van der Waals surface area contributed by atoms with Crippen LogP contribution in [0.2, 0.25) is 0 Å². The van der Waals surface area contributed by atoms with Crippen molar-refractivity contribution in [3.8, 4) is 11.3 Å². The number of thiazole rings is 1. The van der Waals surface area contributed by atoms with Gasteiger partial charge < -0.3 is 5.11 Å². The molecular weight excluding hydrogens is 254 g/mol. The molecule has 2 aromatic rings. The van der Waals surface area contributed by atoms with Gasteiger partial charge in [0.15, 0.2) is 0 Å². The lowest BCUT2D eigenvalue weighted by Gasteiger charge is -2.03. The summed E-state index contributed by atoms with van der Waals surface area (Å²) in [5.74, 6) is -0.914. The molecular formula is C11H13N3O3S. The second-order valence-corrected chi connectivity index (χ2v) is 4.59. The topological polar surface area (TPSA) is 77.1 Å². The fourth-order valence-corrected chi connectivity index (χ4v) is 2.44. The first-order valence-corrected chi connectivity index (χ1v) is 6.42. The van der Waals surface area contributed by atoms with Gasteiger partial charge in [0.2, 0.25) is 0 Å². The third-order valence-electron chi connectivity index (χ3n) is 2.58. The Morgan fingerprint density at radius 1 is 1.56 bits per heavy atom. The maximum Gasteiger partial charge on any atom is 0.307 e. The van der Waals surface area contributed by atoms with Crippen LogP contribution >= 0.6 is 11.3 Å². The predicted molar refractivity (Wildman–Crippen MR) is 67.7 cm³/mol. The van der Waals surface area contributed by atoms with Gasteiger partial charge in [-0.05, 0) is 6.92 Å². The summed E-state index contributed by atoms with van der Waals surface area (Å²) in [5, 5.41) is 14.6. The largest absolute Gasteiger partial charge is 0.481 e. The zero-order valence-electron chi connectivity index (χ0n) is 9.87. The number of carboxylic acids is 1. The van der Waals surface area contributed by atoms with E-state index in [1.165, 1.54) is 4.57 Å². The molecule has 1 N–H and O–H groups in total. The number of carbonyl (C=O) groups is 1. The summed E-state index contributed by atoms with van der Waals surface area (Å²) >= 11 is 1.07. The Balaban J connectivity index is 2.33. The van der Waals surface area contributed by atoms with E-state index < -0.39 is 5.97 Å². The fourth-order valence-electron chi connectivity index (χ4n) is 1.64. The van der Waals surface area contributed by atoms with Gasteiger partial charge in [-0.1, -0.05) is 11.3 Å². The highest BCUT2D eigenvalue weighted by Gasteiger charge is 2.11. The van der Waals surface area contributed by atoms with E-state index in [1.807, 2.05) is 13.1 Å². The third-order valence-corrected chi connectivity index (χ3v) is 3.35. The first-order chi connectivity index (χ1) is 8.61. The Bertz CT molecular complexity index is 611. The van der Waals surface area contributed by atoms with E-state index in [9.17, 15) is 9.59 Å². The number of rotatable bonds is 5. The molecule has 0 atom stereocenters. The Labute approximate surface area is 107 Å². The molecule has 2 heterocycles. The monoisotopic (exact) mass is 267 g/mol. The van der Waals surface area contributed by atoms with Crippen molar-refractivity contribution in [2.75, 3.05) is 0 Å². The quantitative estimate of drug-likeness (QED) is 0.885. The lowest BCUT2D eigenvalue weighted by Crippen LogP contribution is -2.16. The van der Waals surface area contributed by atoms with Gasteiger partial charge in [0.1, 0.15) is 0 Å². The van der Waals surface area contributed by atoms with Crippen LogP contribution in [0.5, 0.6) is 0 Å². The molecule has 96 valence electrons. The van der Waals surface area contributed by atoms with Crippen LogP contribution in [0.4, 0.5) is 0 Å². The van der Waals surface area contributed by atoms with Crippen LogP contribution in [0, 0.1) is 0 Å². The van der Waals surface area contributed by atoms with E-state index >= 15 is 0 Å². The van der Waals surface area contributed by atoms with Gasteiger partial charge in [-0.3, -0.25) is 18.8 Å². The summed E-state index contributed by atoms with van der Waals surface area (Å²) in [6.45, 7) is 2.91. The van der Waals surface area contributed by atoms with Crippen molar-refractivity contribution >= 4 is 17.3 Å². The third kappa shape index (κ3) is 2.51. The van der Waals surface area contributed by atoms with E-state index in [0.29, 0.717) is 0 Å². The molecule has 0 unspecified atom stereocenters. The van der Waals surface area contributed by atoms with E-state index in [0.717, 1.165) is 29.1 Å². The van der Waals surface area contributed by atoms with Crippen molar-refractivity contribution < 1.29 is 9.90 Å². The van der Waals surface area contributed by atoms with E-state index in [4.69, 9.17) is 5.11 Å². The van der Waals surface area contributed by atoms with Crippen molar-refractivity contribution in [3.05, 3.63) is 27.4 Å². The van der Waals surface area contributed by atoms with E-state index in [2.05, 4.69) is 5.10 Å². The van der Waals surface area contributed by atoms with Crippen molar-refractivity contribution in [1.29, 1.82) is 0 Å². The Kier molecular flexibility index (Phi) is 3.61. The molecule has 0 fully saturated rings. The summed E-state index contributed by atoms with van der Waals surface area (Å²) in [7, 11) is 0. The van der Waals surface area contributed by atoms with Gasteiger partial charge in [-0.15, -0.1) is 0 Å². The summed E-state index contributed by atoms with van der Waals surface area (Å²) in [6, 6.07) is 0. The van der Waals surface area contributed by atoms with Gasteiger partial charge in [0, 0.05) is 30.2 Å². The van der Waals surface area contributed by atoms with Crippen LogP contribution in [0.3, 0.4) is 0 Å². The molecule has 2 rings (SSSR count). The molecule has 0 aliphatic heterocycles. The molecule has 0 aliphatic rings. The molecule has 0 saturated heterocycles. The number of carboxylic acid groups (broad SMARTS) is 1. The summed E-state index contributed by atoms with van der Waals surface area (Å²) in [4.78, 5) is 22.1. The zero-order valence-corrected chi connectivity index (χ0v) is 10.7. The van der Waals surface area contributed by atoms with Gasteiger partial charge in [0.25, 0.3) is 0 Å². The number of hydrogen-bond donors (Lipinski definition) is 1. The molecule has 7 heteroatoms. The molecule has 0 radical (unpaired) electrons. The Hall–Kier alpha value is -1.89. The van der Waals surface area contributed by atoms with Gasteiger partial charge in [-0.25, -0.2) is 0 Å². The SMILES string of the molecule is CCn1cc(-c2csc(=O)n2CCC(=O)O)cn1. The number of aryl methyl sites for hydroxylation is 1. The molecule has 0 bridgehead atoms. The van der Waals surface area contributed by atoms with Gasteiger partial charge in [0.05, 0.1) is 18.3 Å². The second kappa shape index (κ2) is 5.18. The molecule has 0 amide bonds. The van der Waals surface area contributed by atoms with Crippen LogP contribution in [-0.4, -0.2) is 25.4 Å². The minimum Gasteiger partial charge on any atom is -0.481 e. The Morgan fingerprint density at radius 3 is 2.94 bits per heavy atom. The van der Waals surface area contributed by atoms with Crippen molar-refractivity contribution in [2.45, 2.75) is 26.4 Å². The summed E-state index contributed by atoms with van der Waals surface area (Å²) in [5.41, 5.74) is 1.56. The number of hydrogen-bond acceptors (Lipinski definition) is 4. The highest BCUT2D eigenvalue weighted by Crippen LogP contribution is 2.19. The normalized spacial score (nSPS) is 10.7. The lowest BCUT2D eigenvalue weighted by atomic mass is 10.2. The highest BCUT2D eigenvalue weighted by atomic mass is 32.1. The van der Waals surface area contributed by atoms with Crippen LogP contribution in [0.15, 0.2) is 22.6 Å². The minimum atomic E-state index is -0.914. The highest BCUT2D eigenvalue weighted by molar-refractivity contribution is 7.07. The summed E-state index contributed by atoms with van der Waals surface area (Å²) in [6.07, 6.45) is 3.46. The molecule has 6 nitrogen and oxygen atoms in total. The predicted octanol–water partition coefficient (Wildman–Crippen LogP) is 1.27. The number of aliphatic carboxylic acids is 1. The van der Waals surface area contributed by atoms with Crippen molar-refractivity contribution in [3.63, 3.8) is 0 Å². The molecule has 0 aliphatic carbocycles. The van der Waals surface area contributed by atoms with Crippen LogP contribution in [-0.2, 0) is 17.9 Å². The minimum absolute atomic E-state index is 0.0639. The molecule has 18 heavy (non-hydrogen) atoms. The van der Waals surface area contributed by atoms with Crippen LogP contribution in [0.1, 0.15) is 13.3 Å². The fraction of sp³-hybridized carbons (Fsp3) is 0.364. The lowest BCUT2D eigenvalue weighted by molar-refractivity contribution is -0.137. The van der Waals surface area contributed by atoms with Crippen molar-refractivity contribution in [1.82, 2.24) is 14.3 Å². The van der Waals surface area contributed by atoms with Crippen LogP contribution < -0.4 is 4.87 Å². The first-order valence-electron chi connectivity index (χ1n) is 5.54. The van der Waals surface area contributed by atoms with Gasteiger partial charge >= 0.3 is 10.8 Å². The molecule has 2 aromatic heterocycles. The maximum absolute atomic E-state index is 11.7. The molecule has 0 saturated carbocycles. The van der Waals surface area contributed by atoms with E-state index in [-0.39, 0.29) is 17.8 Å². The number of aromatic nitrogens is 3. The maximum atomic E-state index is 11.7. The van der Waals surface area contributed by atoms with Crippen LogP contribution in [0.25, 0.3) is 11.3 Å². The van der Waals surface area contributed by atoms with E-state index in [1.54, 1.807) is 16.3 Å². The second-order valence-electron chi connectivity index (χ2n) is 3.77. The molecule has 0 spiro atoms. The Morgan fingerprint density at radius 2 is 2.33 bits per heavy atom. The average molecular weight is 267 g/mol. The van der Waals surface area contributed by atoms with Gasteiger partial charge in [-0.2, -0.15) is 5.10 Å². The summed E-state index contributed by atoms with van der Waals surface area (Å²) < 4.78 is 3.24.